The number of hydrogen-bond acceptors (Lipinski definition) is 8. The van der Waals surface area contributed by atoms with Gasteiger partial charge in [-0.1, -0.05) is 40.6 Å². The molecule has 0 saturated carbocycles. The van der Waals surface area contributed by atoms with Crippen molar-refractivity contribution in [2.45, 2.75) is 9.37 Å². The summed E-state index contributed by atoms with van der Waals surface area (Å²) in [6, 6.07) is 7.45. The number of benzene rings is 1. The van der Waals surface area contributed by atoms with Crippen molar-refractivity contribution in [2.75, 3.05) is 5.73 Å². The highest BCUT2D eigenvalue weighted by molar-refractivity contribution is 8.01. The van der Waals surface area contributed by atoms with E-state index in [2.05, 4.69) is 15.2 Å². The molecule has 0 fully saturated rings. The fourth-order valence-corrected chi connectivity index (χ4v) is 4.67. The molecule has 0 unspecified atom stereocenters. The lowest BCUT2D eigenvalue weighted by Crippen LogP contribution is -1.93. The van der Waals surface area contributed by atoms with Crippen LogP contribution in [0.5, 0.6) is 0 Å². The van der Waals surface area contributed by atoms with E-state index in [0.29, 0.717) is 41.3 Å². The molecule has 1 aromatic carbocycles. The fourth-order valence-electron chi connectivity index (χ4n) is 2.12. The number of aromatic nitrogens is 4. The third-order valence-corrected chi connectivity index (χ3v) is 6.61. The summed E-state index contributed by atoms with van der Waals surface area (Å²) in [7, 11) is 0. The van der Waals surface area contributed by atoms with E-state index in [1.165, 1.54) is 23.1 Å². The molecule has 0 amide bonds. The lowest BCUT2D eigenvalue weighted by molar-refractivity contribution is 1.01. The number of anilines is 1. The van der Waals surface area contributed by atoms with Crippen LogP contribution >= 0.6 is 57.6 Å². The molecule has 0 aliphatic heterocycles. The predicted molar refractivity (Wildman–Crippen MR) is 111 cm³/mol. The molecule has 0 spiro atoms. The van der Waals surface area contributed by atoms with E-state index in [-0.39, 0.29) is 0 Å². The molecule has 10 heteroatoms. The maximum absolute atomic E-state index is 6.12. The van der Waals surface area contributed by atoms with Gasteiger partial charge in [0, 0.05) is 4.88 Å². The highest BCUT2D eigenvalue weighted by Gasteiger charge is 2.13. The summed E-state index contributed by atoms with van der Waals surface area (Å²) in [4.78, 5) is 10.5. The second kappa shape index (κ2) is 7.50. The predicted octanol–water partition coefficient (Wildman–Crippen LogP) is 5.75. The average Bonchev–Trinajstić information content (AvgIpc) is 3.26. The van der Waals surface area contributed by atoms with Crippen LogP contribution in [0.3, 0.4) is 0 Å². The number of rotatable bonds is 4. The minimum Gasteiger partial charge on any atom is -0.374 e. The Labute approximate surface area is 170 Å². The SMILES string of the molecule is Nc1nnc(Sc2nc3cc(Cl)c(Cl)cc3nc2/C=C/c2cccs2)s1. The van der Waals surface area contributed by atoms with Crippen LogP contribution in [0.2, 0.25) is 10.0 Å². The molecule has 4 aromatic rings. The van der Waals surface area contributed by atoms with Crippen molar-refractivity contribution in [2.24, 2.45) is 0 Å². The molecular formula is C16H9Cl2N5S3. The van der Waals surface area contributed by atoms with Gasteiger partial charge in [0.05, 0.1) is 26.8 Å². The molecule has 3 aromatic heterocycles. The van der Waals surface area contributed by atoms with Gasteiger partial charge in [-0.3, -0.25) is 0 Å². The first-order chi connectivity index (χ1) is 12.6. The van der Waals surface area contributed by atoms with Gasteiger partial charge in [0.15, 0.2) is 4.34 Å². The summed E-state index contributed by atoms with van der Waals surface area (Å²) < 4.78 is 0.696. The van der Waals surface area contributed by atoms with Crippen molar-refractivity contribution in [1.82, 2.24) is 20.2 Å². The van der Waals surface area contributed by atoms with Gasteiger partial charge in [-0.15, -0.1) is 21.5 Å². The van der Waals surface area contributed by atoms with Crippen molar-refractivity contribution >= 4 is 86.0 Å². The maximum atomic E-state index is 6.12. The Hall–Kier alpha value is -1.71. The van der Waals surface area contributed by atoms with Crippen LogP contribution in [0.15, 0.2) is 39.0 Å². The molecule has 4 rings (SSSR count). The normalized spacial score (nSPS) is 11.6. The second-order valence-electron chi connectivity index (χ2n) is 5.03. The first-order valence-electron chi connectivity index (χ1n) is 7.24. The topological polar surface area (TPSA) is 77.6 Å². The first-order valence-corrected chi connectivity index (χ1v) is 10.5. The van der Waals surface area contributed by atoms with E-state index in [1.54, 1.807) is 23.5 Å². The molecule has 3 heterocycles. The lowest BCUT2D eigenvalue weighted by atomic mass is 10.2. The monoisotopic (exact) mass is 437 g/mol. The number of halogens is 2. The first kappa shape index (κ1) is 17.7. The Morgan fingerprint density at radius 1 is 1.04 bits per heavy atom. The summed E-state index contributed by atoms with van der Waals surface area (Å²) in [6.07, 6.45) is 3.92. The quantitative estimate of drug-likeness (QED) is 0.437. The van der Waals surface area contributed by atoms with E-state index in [9.17, 15) is 0 Å². The molecule has 5 nitrogen and oxygen atoms in total. The Bertz CT molecular complexity index is 1110. The van der Waals surface area contributed by atoms with E-state index < -0.39 is 0 Å². The van der Waals surface area contributed by atoms with Gasteiger partial charge in [0.25, 0.3) is 0 Å². The Balaban J connectivity index is 1.82. The number of nitrogens with two attached hydrogens (primary N) is 1. The van der Waals surface area contributed by atoms with Crippen LogP contribution in [0.1, 0.15) is 10.6 Å². The van der Waals surface area contributed by atoms with Crippen molar-refractivity contribution in [3.8, 4) is 0 Å². The van der Waals surface area contributed by atoms with Crippen LogP contribution in [0, 0.1) is 0 Å². The van der Waals surface area contributed by atoms with Gasteiger partial charge in [0.1, 0.15) is 5.03 Å². The lowest BCUT2D eigenvalue weighted by Gasteiger charge is -2.06. The molecule has 0 aliphatic rings. The van der Waals surface area contributed by atoms with Gasteiger partial charge in [-0.25, -0.2) is 9.97 Å². The fraction of sp³-hybridized carbons (Fsp3) is 0. The van der Waals surface area contributed by atoms with E-state index >= 15 is 0 Å². The largest absolute Gasteiger partial charge is 0.374 e. The molecule has 0 radical (unpaired) electrons. The van der Waals surface area contributed by atoms with Gasteiger partial charge in [-0.2, -0.15) is 0 Å². The molecule has 130 valence electrons. The highest BCUT2D eigenvalue weighted by Crippen LogP contribution is 2.34. The van der Waals surface area contributed by atoms with Gasteiger partial charge < -0.3 is 5.73 Å². The van der Waals surface area contributed by atoms with Crippen LogP contribution < -0.4 is 5.73 Å². The number of nitrogen functional groups attached to an aromatic ring is 1. The highest BCUT2D eigenvalue weighted by atomic mass is 35.5. The van der Waals surface area contributed by atoms with Crippen molar-refractivity contribution in [3.63, 3.8) is 0 Å². The standard InChI is InChI=1S/C16H9Cl2N5S3/c17-9-6-12-13(7-10(9)18)21-14(25-16-23-22-15(19)26-16)11(20-12)4-3-8-2-1-5-24-8/h1-7H,(H2,19,22)/b4-3+. The van der Waals surface area contributed by atoms with Gasteiger partial charge in [-0.05, 0) is 47.5 Å². The molecule has 0 saturated heterocycles. The number of fused-ring (bicyclic) bond motifs is 1. The van der Waals surface area contributed by atoms with E-state index in [1.807, 2.05) is 29.7 Å². The molecule has 0 bridgehead atoms. The molecular weight excluding hydrogens is 429 g/mol. The van der Waals surface area contributed by atoms with Crippen LogP contribution in [0.4, 0.5) is 5.13 Å². The minimum atomic E-state index is 0.409. The third-order valence-electron chi connectivity index (χ3n) is 3.25. The Morgan fingerprint density at radius 2 is 1.81 bits per heavy atom. The summed E-state index contributed by atoms with van der Waals surface area (Å²) in [5.41, 5.74) is 7.71. The zero-order chi connectivity index (χ0) is 18.1. The summed E-state index contributed by atoms with van der Waals surface area (Å²) in [5.74, 6) is 0. The summed E-state index contributed by atoms with van der Waals surface area (Å²) >= 11 is 16.5. The Kier molecular flexibility index (Phi) is 5.10. The van der Waals surface area contributed by atoms with Gasteiger partial charge in [0.2, 0.25) is 5.13 Å². The van der Waals surface area contributed by atoms with E-state index in [0.717, 1.165) is 4.88 Å². The smallest absolute Gasteiger partial charge is 0.203 e. The number of nitrogens with zero attached hydrogens (tertiary/aromatic N) is 4. The van der Waals surface area contributed by atoms with Crippen LogP contribution in [-0.4, -0.2) is 20.2 Å². The van der Waals surface area contributed by atoms with Gasteiger partial charge >= 0.3 is 0 Å². The molecule has 0 atom stereocenters. The maximum Gasteiger partial charge on any atom is 0.203 e. The molecule has 26 heavy (non-hydrogen) atoms. The van der Waals surface area contributed by atoms with Crippen LogP contribution in [-0.2, 0) is 0 Å². The zero-order valence-electron chi connectivity index (χ0n) is 12.9. The van der Waals surface area contributed by atoms with Crippen molar-refractivity contribution < 1.29 is 0 Å². The van der Waals surface area contributed by atoms with Crippen LogP contribution in [0.25, 0.3) is 23.2 Å². The average molecular weight is 438 g/mol. The zero-order valence-corrected chi connectivity index (χ0v) is 16.8. The third kappa shape index (κ3) is 3.84. The number of thiophene rings is 1. The number of hydrogen-bond donors (Lipinski definition) is 1. The minimum absolute atomic E-state index is 0.409. The summed E-state index contributed by atoms with van der Waals surface area (Å²) in [5, 5.41) is 11.9. The van der Waals surface area contributed by atoms with Crippen molar-refractivity contribution in [3.05, 3.63) is 50.3 Å². The Morgan fingerprint density at radius 3 is 2.46 bits per heavy atom. The summed E-state index contributed by atoms with van der Waals surface area (Å²) in [6.45, 7) is 0. The molecule has 2 N–H and O–H groups in total. The molecule has 0 aliphatic carbocycles. The second-order valence-corrected chi connectivity index (χ2v) is 9.06. The van der Waals surface area contributed by atoms with E-state index in [4.69, 9.17) is 33.9 Å². The van der Waals surface area contributed by atoms with Crippen molar-refractivity contribution in [1.29, 1.82) is 0 Å².